The molecule has 0 saturated carbocycles. The quantitative estimate of drug-likeness (QED) is 0.393. The first-order chi connectivity index (χ1) is 12.3. The zero-order valence-electron chi connectivity index (χ0n) is 15.6. The molecule has 0 aliphatic carbocycles. The predicted molar refractivity (Wildman–Crippen MR) is 95.9 cm³/mol. The molecule has 6 nitrogen and oxygen atoms in total. The number of nitrogens with one attached hydrogen (secondary N) is 2. The van der Waals surface area contributed by atoms with E-state index in [4.69, 9.17) is 9.47 Å². The molecular weight excluding hydrogens is 349 g/mol. The summed E-state index contributed by atoms with van der Waals surface area (Å²) in [5.41, 5.74) is 0.982. The molecule has 2 N–H and O–H groups in total. The number of benzene rings is 1. The van der Waals surface area contributed by atoms with Crippen molar-refractivity contribution in [2.75, 3.05) is 47.9 Å². The van der Waals surface area contributed by atoms with Crippen LogP contribution >= 0.6 is 0 Å². The molecule has 0 radical (unpaired) electrons. The van der Waals surface area contributed by atoms with E-state index in [0.717, 1.165) is 5.56 Å². The molecule has 0 unspecified atom stereocenters. The average molecular weight is 376 g/mol. The molecule has 0 spiro atoms. The van der Waals surface area contributed by atoms with Crippen LogP contribution in [0.2, 0.25) is 0 Å². The number of hydrogen-bond acceptors (Lipinski definition) is 4. The molecule has 1 rings (SSSR count). The first-order valence-corrected chi connectivity index (χ1v) is 8.19. The van der Waals surface area contributed by atoms with Gasteiger partial charge in [0.15, 0.2) is 17.5 Å². The van der Waals surface area contributed by atoms with Crippen molar-refractivity contribution in [1.29, 1.82) is 0 Å². The molecule has 0 aromatic heterocycles. The van der Waals surface area contributed by atoms with E-state index >= 15 is 0 Å². The number of ether oxygens (including phenoxy) is 2. The van der Waals surface area contributed by atoms with Gasteiger partial charge in [0, 0.05) is 20.1 Å². The van der Waals surface area contributed by atoms with Gasteiger partial charge in [-0.25, -0.2) is 0 Å². The fourth-order valence-corrected chi connectivity index (χ4v) is 2.34. The van der Waals surface area contributed by atoms with Crippen LogP contribution in [0.1, 0.15) is 12.0 Å². The van der Waals surface area contributed by atoms with Gasteiger partial charge in [-0.2, -0.15) is 13.2 Å². The third kappa shape index (κ3) is 8.28. The van der Waals surface area contributed by atoms with Crippen molar-refractivity contribution < 1.29 is 22.6 Å². The second-order valence-corrected chi connectivity index (χ2v) is 5.75. The highest BCUT2D eigenvalue weighted by molar-refractivity contribution is 5.79. The highest BCUT2D eigenvalue weighted by Gasteiger charge is 2.28. The van der Waals surface area contributed by atoms with Crippen LogP contribution in [-0.2, 0) is 6.54 Å². The Morgan fingerprint density at radius 1 is 1.15 bits per heavy atom. The van der Waals surface area contributed by atoms with Gasteiger partial charge in [-0.05, 0) is 37.7 Å². The number of hydrogen-bond donors (Lipinski definition) is 2. The Kier molecular flexibility index (Phi) is 9.04. The number of nitrogens with zero attached hydrogens (tertiary/aromatic N) is 2. The molecule has 0 amide bonds. The molecule has 0 heterocycles. The van der Waals surface area contributed by atoms with E-state index in [1.165, 1.54) is 11.9 Å². The second-order valence-electron chi connectivity index (χ2n) is 5.75. The van der Waals surface area contributed by atoms with Gasteiger partial charge in [-0.15, -0.1) is 0 Å². The Morgan fingerprint density at radius 2 is 1.85 bits per heavy atom. The Labute approximate surface area is 152 Å². The van der Waals surface area contributed by atoms with Gasteiger partial charge < -0.3 is 20.1 Å². The second kappa shape index (κ2) is 10.7. The van der Waals surface area contributed by atoms with Crippen molar-refractivity contribution >= 4 is 5.96 Å². The van der Waals surface area contributed by atoms with Crippen molar-refractivity contribution in [2.24, 2.45) is 4.99 Å². The third-order valence-corrected chi connectivity index (χ3v) is 3.59. The summed E-state index contributed by atoms with van der Waals surface area (Å²) in [5, 5.41) is 6.23. The first-order valence-electron chi connectivity index (χ1n) is 8.19. The highest BCUT2D eigenvalue weighted by Crippen LogP contribution is 2.27. The zero-order valence-corrected chi connectivity index (χ0v) is 15.6. The predicted octanol–water partition coefficient (Wildman–Crippen LogP) is 2.25. The minimum absolute atomic E-state index is 0.346. The molecule has 148 valence electrons. The molecule has 0 atom stereocenters. The number of alkyl halides is 3. The maximum Gasteiger partial charge on any atom is 0.401 e. The van der Waals surface area contributed by atoms with E-state index in [2.05, 4.69) is 15.6 Å². The van der Waals surface area contributed by atoms with Gasteiger partial charge >= 0.3 is 6.18 Å². The topological polar surface area (TPSA) is 58.1 Å². The number of halogens is 3. The third-order valence-electron chi connectivity index (χ3n) is 3.59. The van der Waals surface area contributed by atoms with Crippen LogP contribution < -0.4 is 20.1 Å². The fourth-order valence-electron chi connectivity index (χ4n) is 2.34. The van der Waals surface area contributed by atoms with Crippen molar-refractivity contribution in [3.05, 3.63) is 23.8 Å². The summed E-state index contributed by atoms with van der Waals surface area (Å²) in [4.78, 5) is 5.35. The van der Waals surface area contributed by atoms with Crippen LogP contribution in [0.3, 0.4) is 0 Å². The van der Waals surface area contributed by atoms with Crippen molar-refractivity contribution in [3.63, 3.8) is 0 Å². The van der Waals surface area contributed by atoms with Crippen LogP contribution in [0.25, 0.3) is 0 Å². The Bertz CT molecular complexity index is 580. The lowest BCUT2D eigenvalue weighted by atomic mass is 10.2. The van der Waals surface area contributed by atoms with Gasteiger partial charge in [0.25, 0.3) is 0 Å². The van der Waals surface area contributed by atoms with Crippen molar-refractivity contribution in [2.45, 2.75) is 19.1 Å². The fraction of sp³-hybridized carbons (Fsp3) is 0.588. The van der Waals surface area contributed by atoms with Gasteiger partial charge in [0.05, 0.1) is 20.8 Å². The summed E-state index contributed by atoms with van der Waals surface area (Å²) in [5.74, 6) is 1.88. The zero-order chi connectivity index (χ0) is 19.6. The number of aliphatic imine (C=N–C) groups is 1. The van der Waals surface area contributed by atoms with E-state index < -0.39 is 12.7 Å². The molecule has 0 bridgehead atoms. The SMILES string of the molecule is CN=C(NCCCN(C)CC(F)(F)F)NCc1ccc(OC)c(OC)c1. The smallest absolute Gasteiger partial charge is 0.401 e. The molecule has 1 aromatic carbocycles. The van der Waals surface area contributed by atoms with Gasteiger partial charge in [0.2, 0.25) is 0 Å². The Balaban J connectivity index is 2.37. The van der Waals surface area contributed by atoms with Crippen molar-refractivity contribution in [3.8, 4) is 11.5 Å². The molecule has 9 heteroatoms. The summed E-state index contributed by atoms with van der Waals surface area (Å²) in [6, 6.07) is 5.60. The summed E-state index contributed by atoms with van der Waals surface area (Å²) >= 11 is 0. The van der Waals surface area contributed by atoms with E-state index in [1.807, 2.05) is 18.2 Å². The van der Waals surface area contributed by atoms with E-state index in [1.54, 1.807) is 21.3 Å². The normalized spacial score (nSPS) is 12.2. The molecule has 1 aromatic rings. The van der Waals surface area contributed by atoms with E-state index in [-0.39, 0.29) is 0 Å². The monoisotopic (exact) mass is 376 g/mol. The average Bonchev–Trinajstić information content (AvgIpc) is 2.59. The van der Waals surface area contributed by atoms with Crippen LogP contribution in [-0.4, -0.2) is 65.0 Å². The molecule has 0 aliphatic heterocycles. The van der Waals surface area contributed by atoms with Gasteiger partial charge in [-0.3, -0.25) is 9.89 Å². The molecule has 26 heavy (non-hydrogen) atoms. The summed E-state index contributed by atoms with van der Waals surface area (Å²) in [7, 11) is 6.25. The molecule has 0 aliphatic rings. The molecular formula is C17H27F3N4O2. The lowest BCUT2D eigenvalue weighted by Crippen LogP contribution is -2.39. The minimum Gasteiger partial charge on any atom is -0.493 e. The van der Waals surface area contributed by atoms with E-state index in [0.29, 0.717) is 43.5 Å². The summed E-state index contributed by atoms with van der Waals surface area (Å²) < 4.78 is 47.2. The van der Waals surface area contributed by atoms with Crippen LogP contribution in [0, 0.1) is 0 Å². The van der Waals surface area contributed by atoms with E-state index in [9.17, 15) is 13.2 Å². The number of methoxy groups -OCH3 is 2. The van der Waals surface area contributed by atoms with Crippen LogP contribution in [0.4, 0.5) is 13.2 Å². The number of rotatable bonds is 9. The standard InChI is InChI=1S/C17H27F3N4O2/c1-21-16(22-8-5-9-24(2)12-17(18,19)20)23-11-13-6-7-14(25-3)15(10-13)26-4/h6-7,10H,5,8-9,11-12H2,1-4H3,(H2,21,22,23). The largest absolute Gasteiger partial charge is 0.493 e. The number of guanidine groups is 1. The lowest BCUT2D eigenvalue weighted by molar-refractivity contribution is -0.143. The molecule has 0 fully saturated rings. The van der Waals surface area contributed by atoms with Crippen LogP contribution in [0.5, 0.6) is 11.5 Å². The first kappa shape index (κ1) is 21.9. The highest BCUT2D eigenvalue weighted by atomic mass is 19.4. The summed E-state index contributed by atoms with van der Waals surface area (Å²) in [6.07, 6.45) is -3.59. The maximum atomic E-state index is 12.3. The Hall–Kier alpha value is -2.16. The van der Waals surface area contributed by atoms with Crippen LogP contribution in [0.15, 0.2) is 23.2 Å². The maximum absolute atomic E-state index is 12.3. The minimum atomic E-state index is -4.17. The van der Waals surface area contributed by atoms with Gasteiger partial charge in [-0.1, -0.05) is 6.07 Å². The lowest BCUT2D eigenvalue weighted by Gasteiger charge is -2.19. The van der Waals surface area contributed by atoms with Crippen molar-refractivity contribution in [1.82, 2.24) is 15.5 Å². The Morgan fingerprint density at radius 3 is 2.42 bits per heavy atom. The summed E-state index contributed by atoms with van der Waals surface area (Å²) in [6.45, 7) is 0.486. The van der Waals surface area contributed by atoms with Gasteiger partial charge in [0.1, 0.15) is 0 Å². The molecule has 0 saturated heterocycles.